The second kappa shape index (κ2) is 5.80. The maximum atomic E-state index is 13.1. The van der Waals surface area contributed by atoms with Gasteiger partial charge in [-0.25, -0.2) is 4.39 Å². The summed E-state index contributed by atoms with van der Waals surface area (Å²) in [5.41, 5.74) is 1.97. The minimum Gasteiger partial charge on any atom is -0.489 e. The molecule has 0 aliphatic rings. The Labute approximate surface area is 104 Å². The van der Waals surface area contributed by atoms with E-state index in [1.807, 2.05) is 23.9 Å². The lowest BCUT2D eigenvalue weighted by Gasteiger charge is -2.10. The average Bonchev–Trinajstić information content (AvgIpc) is 2.81. The van der Waals surface area contributed by atoms with Crippen LogP contribution in [-0.2, 0) is 13.2 Å². The molecule has 0 saturated heterocycles. The van der Waals surface area contributed by atoms with Gasteiger partial charge in [-0.05, 0) is 47.6 Å². The summed E-state index contributed by atoms with van der Waals surface area (Å²) in [4.78, 5) is 0. The molecule has 0 unspecified atom stereocenters. The van der Waals surface area contributed by atoms with E-state index in [2.05, 4.69) is 5.32 Å². The summed E-state index contributed by atoms with van der Waals surface area (Å²) in [6.07, 6.45) is 0. The van der Waals surface area contributed by atoms with E-state index < -0.39 is 0 Å². The van der Waals surface area contributed by atoms with E-state index in [4.69, 9.17) is 4.74 Å². The van der Waals surface area contributed by atoms with Crippen molar-refractivity contribution in [3.63, 3.8) is 0 Å². The smallest absolute Gasteiger partial charge is 0.124 e. The number of benzene rings is 1. The molecule has 0 aliphatic carbocycles. The van der Waals surface area contributed by atoms with E-state index in [-0.39, 0.29) is 5.82 Å². The normalized spacial score (nSPS) is 10.5. The van der Waals surface area contributed by atoms with Crippen LogP contribution >= 0.6 is 11.3 Å². The van der Waals surface area contributed by atoms with Crippen LogP contribution in [0.15, 0.2) is 35.0 Å². The highest BCUT2D eigenvalue weighted by atomic mass is 32.1. The molecule has 90 valence electrons. The highest BCUT2D eigenvalue weighted by Crippen LogP contribution is 2.21. The highest BCUT2D eigenvalue weighted by Gasteiger charge is 2.05. The maximum absolute atomic E-state index is 13.1. The Hall–Kier alpha value is -1.39. The summed E-state index contributed by atoms with van der Waals surface area (Å²) in [6.45, 7) is 1.11. The van der Waals surface area contributed by atoms with Crippen molar-refractivity contribution >= 4 is 11.3 Å². The molecule has 0 amide bonds. The van der Waals surface area contributed by atoms with Crippen molar-refractivity contribution in [2.24, 2.45) is 0 Å². The van der Waals surface area contributed by atoms with Crippen molar-refractivity contribution in [3.05, 3.63) is 52.0 Å². The number of ether oxygens (including phenoxy) is 1. The Kier molecular flexibility index (Phi) is 4.12. The highest BCUT2D eigenvalue weighted by molar-refractivity contribution is 7.07. The quantitative estimate of drug-likeness (QED) is 0.881. The van der Waals surface area contributed by atoms with Crippen LogP contribution in [0, 0.1) is 5.82 Å². The van der Waals surface area contributed by atoms with Gasteiger partial charge in [0.25, 0.3) is 0 Å². The molecule has 4 heteroatoms. The molecule has 1 heterocycles. The van der Waals surface area contributed by atoms with Gasteiger partial charge < -0.3 is 10.1 Å². The van der Waals surface area contributed by atoms with E-state index >= 15 is 0 Å². The van der Waals surface area contributed by atoms with Gasteiger partial charge in [-0.2, -0.15) is 11.3 Å². The van der Waals surface area contributed by atoms with Crippen molar-refractivity contribution in [2.75, 3.05) is 7.05 Å². The second-order valence-electron chi connectivity index (χ2n) is 3.70. The van der Waals surface area contributed by atoms with Gasteiger partial charge in [-0.1, -0.05) is 0 Å². The van der Waals surface area contributed by atoms with E-state index in [1.54, 1.807) is 17.4 Å². The number of hydrogen-bond donors (Lipinski definition) is 1. The molecule has 1 aromatic heterocycles. The number of hydrogen-bond acceptors (Lipinski definition) is 3. The first-order chi connectivity index (χ1) is 8.29. The first-order valence-corrected chi connectivity index (χ1v) is 6.31. The number of nitrogens with one attached hydrogen (secondary N) is 1. The molecule has 2 aromatic rings. The monoisotopic (exact) mass is 251 g/mol. The van der Waals surface area contributed by atoms with Crippen LogP contribution in [0.3, 0.4) is 0 Å². The van der Waals surface area contributed by atoms with Crippen LogP contribution in [0.4, 0.5) is 4.39 Å². The van der Waals surface area contributed by atoms with E-state index in [9.17, 15) is 4.39 Å². The predicted octanol–water partition coefficient (Wildman–Crippen LogP) is 3.19. The molecular formula is C13H14FNOS. The zero-order valence-electron chi connectivity index (χ0n) is 9.57. The van der Waals surface area contributed by atoms with Crippen LogP contribution in [0.25, 0.3) is 0 Å². The molecule has 0 atom stereocenters. The maximum Gasteiger partial charge on any atom is 0.124 e. The molecule has 1 aromatic carbocycles. The molecule has 2 rings (SSSR count). The first-order valence-electron chi connectivity index (χ1n) is 5.36. The van der Waals surface area contributed by atoms with Gasteiger partial charge in [-0.15, -0.1) is 0 Å². The van der Waals surface area contributed by atoms with Crippen molar-refractivity contribution in [1.29, 1.82) is 0 Å². The lowest BCUT2D eigenvalue weighted by molar-refractivity contribution is 0.302. The second-order valence-corrected chi connectivity index (χ2v) is 4.48. The number of thiophene rings is 1. The SMILES string of the molecule is CNCc1cc(F)ccc1OCc1ccsc1. The van der Waals surface area contributed by atoms with Gasteiger partial charge in [0, 0.05) is 12.1 Å². The Morgan fingerprint density at radius 3 is 2.94 bits per heavy atom. The Morgan fingerprint density at radius 2 is 2.24 bits per heavy atom. The van der Waals surface area contributed by atoms with Crippen molar-refractivity contribution in [2.45, 2.75) is 13.2 Å². The van der Waals surface area contributed by atoms with Crippen LogP contribution in [0.2, 0.25) is 0 Å². The predicted molar refractivity (Wildman–Crippen MR) is 67.8 cm³/mol. The molecule has 0 aliphatic heterocycles. The summed E-state index contributed by atoms with van der Waals surface area (Å²) in [6, 6.07) is 6.61. The number of rotatable bonds is 5. The fraction of sp³-hybridized carbons (Fsp3) is 0.231. The molecule has 17 heavy (non-hydrogen) atoms. The third-order valence-electron chi connectivity index (χ3n) is 2.36. The molecule has 0 bridgehead atoms. The minimum absolute atomic E-state index is 0.238. The molecule has 1 N–H and O–H groups in total. The summed E-state index contributed by atoms with van der Waals surface area (Å²) < 4.78 is 18.8. The van der Waals surface area contributed by atoms with Gasteiger partial charge in [-0.3, -0.25) is 0 Å². The topological polar surface area (TPSA) is 21.3 Å². The third-order valence-corrected chi connectivity index (χ3v) is 3.10. The molecule has 0 saturated carbocycles. The molecule has 0 spiro atoms. The Bertz CT molecular complexity index is 470. The van der Waals surface area contributed by atoms with Crippen LogP contribution < -0.4 is 10.1 Å². The van der Waals surface area contributed by atoms with Gasteiger partial charge in [0.2, 0.25) is 0 Å². The molecule has 2 nitrogen and oxygen atoms in total. The lowest BCUT2D eigenvalue weighted by atomic mass is 10.2. The van der Waals surface area contributed by atoms with Crippen molar-refractivity contribution < 1.29 is 9.13 Å². The van der Waals surface area contributed by atoms with E-state index in [0.29, 0.717) is 13.2 Å². The van der Waals surface area contributed by atoms with Crippen LogP contribution in [0.1, 0.15) is 11.1 Å². The van der Waals surface area contributed by atoms with Crippen molar-refractivity contribution in [3.8, 4) is 5.75 Å². The summed E-state index contributed by atoms with van der Waals surface area (Å²) in [5, 5.41) is 7.05. The van der Waals surface area contributed by atoms with Crippen LogP contribution in [0.5, 0.6) is 5.75 Å². The number of halogens is 1. The fourth-order valence-corrected chi connectivity index (χ4v) is 2.21. The summed E-state index contributed by atoms with van der Waals surface area (Å²) >= 11 is 1.64. The minimum atomic E-state index is -0.238. The van der Waals surface area contributed by atoms with Crippen molar-refractivity contribution in [1.82, 2.24) is 5.32 Å². The standard InChI is InChI=1S/C13H14FNOS/c1-15-7-11-6-12(14)2-3-13(11)16-8-10-4-5-17-9-10/h2-6,9,15H,7-8H2,1H3. The Morgan fingerprint density at radius 1 is 1.35 bits per heavy atom. The largest absolute Gasteiger partial charge is 0.489 e. The lowest BCUT2D eigenvalue weighted by Crippen LogP contribution is -2.08. The average molecular weight is 251 g/mol. The molecular weight excluding hydrogens is 237 g/mol. The first kappa shape index (κ1) is 12.1. The van der Waals surface area contributed by atoms with Gasteiger partial charge >= 0.3 is 0 Å². The van der Waals surface area contributed by atoms with E-state index in [0.717, 1.165) is 16.9 Å². The fourth-order valence-electron chi connectivity index (χ4n) is 1.55. The van der Waals surface area contributed by atoms with Gasteiger partial charge in [0.15, 0.2) is 0 Å². The Balaban J connectivity index is 2.08. The van der Waals surface area contributed by atoms with Crippen LogP contribution in [-0.4, -0.2) is 7.05 Å². The zero-order valence-corrected chi connectivity index (χ0v) is 10.4. The summed E-state index contributed by atoms with van der Waals surface area (Å²) in [5.74, 6) is 0.491. The molecule has 0 radical (unpaired) electrons. The van der Waals surface area contributed by atoms with E-state index in [1.165, 1.54) is 12.1 Å². The molecule has 0 fully saturated rings. The summed E-state index contributed by atoms with van der Waals surface area (Å²) in [7, 11) is 1.83. The third kappa shape index (κ3) is 3.28. The van der Waals surface area contributed by atoms with Gasteiger partial charge in [0.05, 0.1) is 0 Å². The zero-order chi connectivity index (χ0) is 12.1. The van der Waals surface area contributed by atoms with Gasteiger partial charge in [0.1, 0.15) is 18.2 Å².